The predicted molar refractivity (Wildman–Crippen MR) is 55.1 cm³/mol. The molecule has 16 heavy (non-hydrogen) atoms. The molecule has 1 atom stereocenters. The smallest absolute Gasteiger partial charge is 0.394 e. The summed E-state index contributed by atoms with van der Waals surface area (Å²) in [6.07, 6.45) is -4.48. The Kier molecular flexibility index (Phi) is 3.52. The van der Waals surface area contributed by atoms with Gasteiger partial charge in [-0.1, -0.05) is 11.6 Å². The maximum atomic E-state index is 12.5. The molecule has 2 nitrogen and oxygen atoms in total. The minimum atomic E-state index is -4.48. The Labute approximate surface area is 95.8 Å². The number of halogens is 4. The average molecular weight is 254 g/mol. The van der Waals surface area contributed by atoms with Crippen molar-refractivity contribution < 1.29 is 18.3 Å². The van der Waals surface area contributed by atoms with Gasteiger partial charge >= 0.3 is 6.18 Å². The van der Waals surface area contributed by atoms with Crippen molar-refractivity contribution in [1.82, 2.24) is 0 Å². The maximum absolute atomic E-state index is 12.5. The zero-order valence-electron chi connectivity index (χ0n) is 8.48. The lowest BCUT2D eigenvalue weighted by Crippen LogP contribution is -2.37. The Morgan fingerprint density at radius 3 is 2.19 bits per heavy atom. The zero-order chi connectivity index (χ0) is 12.6. The van der Waals surface area contributed by atoms with Crippen LogP contribution in [0.2, 0.25) is 5.02 Å². The van der Waals surface area contributed by atoms with Crippen LogP contribution in [0.5, 0.6) is 0 Å². The normalized spacial score (nSPS) is 15.9. The topological polar surface area (TPSA) is 46.2 Å². The second-order valence-electron chi connectivity index (χ2n) is 3.80. The van der Waals surface area contributed by atoms with Crippen LogP contribution in [0.3, 0.4) is 0 Å². The van der Waals surface area contributed by atoms with E-state index in [-0.39, 0.29) is 10.6 Å². The number of aliphatic hydroxyl groups excluding tert-OH is 1. The molecule has 0 aliphatic heterocycles. The van der Waals surface area contributed by atoms with E-state index in [9.17, 15) is 13.2 Å². The largest absolute Gasteiger partial charge is 0.416 e. The number of rotatable bonds is 2. The molecule has 0 heterocycles. The molecule has 0 spiro atoms. The van der Waals surface area contributed by atoms with Crippen LogP contribution in [0.15, 0.2) is 18.2 Å². The molecule has 0 amide bonds. The van der Waals surface area contributed by atoms with Crippen LogP contribution in [-0.2, 0) is 11.7 Å². The minimum Gasteiger partial charge on any atom is -0.394 e. The Morgan fingerprint density at radius 2 is 1.75 bits per heavy atom. The molecule has 0 radical (unpaired) electrons. The molecule has 0 saturated carbocycles. The molecule has 0 fully saturated rings. The monoisotopic (exact) mass is 253 g/mol. The molecule has 0 bridgehead atoms. The second kappa shape index (κ2) is 4.24. The molecule has 1 aromatic carbocycles. The van der Waals surface area contributed by atoms with E-state index in [1.807, 2.05) is 0 Å². The molecule has 3 N–H and O–H groups in total. The van der Waals surface area contributed by atoms with Gasteiger partial charge in [-0.25, -0.2) is 0 Å². The highest BCUT2D eigenvalue weighted by Crippen LogP contribution is 2.33. The summed E-state index contributed by atoms with van der Waals surface area (Å²) >= 11 is 5.58. The van der Waals surface area contributed by atoms with Gasteiger partial charge in [-0.15, -0.1) is 0 Å². The second-order valence-corrected chi connectivity index (χ2v) is 4.24. The highest BCUT2D eigenvalue weighted by atomic mass is 35.5. The highest BCUT2D eigenvalue weighted by molar-refractivity contribution is 6.30. The minimum absolute atomic E-state index is 0.0602. The number of nitrogens with two attached hydrogens (primary N) is 1. The molecule has 0 aliphatic rings. The summed E-state index contributed by atoms with van der Waals surface area (Å²) in [5, 5.41) is 8.92. The van der Waals surface area contributed by atoms with E-state index in [0.29, 0.717) is 0 Å². The Balaban J connectivity index is 3.29. The number of hydrogen-bond donors (Lipinski definition) is 2. The van der Waals surface area contributed by atoms with Crippen molar-refractivity contribution in [1.29, 1.82) is 0 Å². The van der Waals surface area contributed by atoms with Crippen LogP contribution in [0.25, 0.3) is 0 Å². The summed E-state index contributed by atoms with van der Waals surface area (Å²) in [7, 11) is 0. The highest BCUT2D eigenvalue weighted by Gasteiger charge is 2.33. The van der Waals surface area contributed by atoms with E-state index in [1.54, 1.807) is 0 Å². The van der Waals surface area contributed by atoms with Crippen molar-refractivity contribution in [2.45, 2.75) is 18.6 Å². The molecule has 1 unspecified atom stereocenters. The van der Waals surface area contributed by atoms with Gasteiger partial charge in [-0.3, -0.25) is 0 Å². The number of benzene rings is 1. The molecular formula is C10H11ClF3NO. The third-order valence-electron chi connectivity index (χ3n) is 2.21. The Bertz CT molecular complexity index is 390. The molecule has 90 valence electrons. The standard InChI is InChI=1S/C10H11ClF3NO/c1-9(15,5-16)6-2-7(10(12,13)14)4-8(11)3-6/h2-4,16H,5,15H2,1H3. The zero-order valence-corrected chi connectivity index (χ0v) is 9.23. The Morgan fingerprint density at radius 1 is 1.25 bits per heavy atom. The van der Waals surface area contributed by atoms with Crippen LogP contribution >= 0.6 is 11.6 Å². The van der Waals surface area contributed by atoms with Crippen molar-refractivity contribution in [3.8, 4) is 0 Å². The first-order chi connectivity index (χ1) is 7.16. The lowest BCUT2D eigenvalue weighted by atomic mass is 9.93. The molecule has 0 saturated heterocycles. The summed E-state index contributed by atoms with van der Waals surface area (Å²) in [5.41, 5.74) is 3.67. The van der Waals surface area contributed by atoms with E-state index >= 15 is 0 Å². The summed E-state index contributed by atoms with van der Waals surface area (Å²) in [4.78, 5) is 0. The fraction of sp³-hybridized carbons (Fsp3) is 0.400. The van der Waals surface area contributed by atoms with Crippen molar-refractivity contribution in [3.05, 3.63) is 34.3 Å². The summed E-state index contributed by atoms with van der Waals surface area (Å²) in [6, 6.07) is 3.02. The van der Waals surface area contributed by atoms with E-state index in [2.05, 4.69) is 0 Å². The number of hydrogen-bond acceptors (Lipinski definition) is 2. The first-order valence-corrected chi connectivity index (χ1v) is 4.82. The van der Waals surface area contributed by atoms with Crippen LogP contribution in [0.1, 0.15) is 18.1 Å². The van der Waals surface area contributed by atoms with E-state index in [1.165, 1.54) is 13.0 Å². The van der Waals surface area contributed by atoms with Crippen LogP contribution < -0.4 is 5.73 Å². The van der Waals surface area contributed by atoms with Crippen LogP contribution in [-0.4, -0.2) is 11.7 Å². The summed E-state index contributed by atoms with van der Waals surface area (Å²) in [5.74, 6) is 0. The fourth-order valence-electron chi connectivity index (χ4n) is 1.17. The van der Waals surface area contributed by atoms with Gasteiger partial charge in [0.15, 0.2) is 0 Å². The number of aliphatic hydroxyl groups is 1. The fourth-order valence-corrected chi connectivity index (χ4v) is 1.41. The first-order valence-electron chi connectivity index (χ1n) is 4.45. The summed E-state index contributed by atoms with van der Waals surface area (Å²) in [6.45, 7) is 0.962. The third-order valence-corrected chi connectivity index (χ3v) is 2.43. The summed E-state index contributed by atoms with van der Waals surface area (Å²) < 4.78 is 37.4. The molecular weight excluding hydrogens is 243 g/mol. The SMILES string of the molecule is CC(N)(CO)c1cc(Cl)cc(C(F)(F)F)c1. The lowest BCUT2D eigenvalue weighted by Gasteiger charge is -2.23. The van der Waals surface area contributed by atoms with Gasteiger partial charge in [-0.05, 0) is 30.7 Å². The van der Waals surface area contributed by atoms with Crippen LogP contribution in [0, 0.1) is 0 Å². The van der Waals surface area contributed by atoms with E-state index in [4.69, 9.17) is 22.4 Å². The Hall–Kier alpha value is -0.780. The predicted octanol–water partition coefficient (Wildman–Crippen LogP) is 2.53. The van der Waals surface area contributed by atoms with Crippen LogP contribution in [0.4, 0.5) is 13.2 Å². The van der Waals surface area contributed by atoms with E-state index in [0.717, 1.165) is 12.1 Å². The van der Waals surface area contributed by atoms with Gasteiger partial charge < -0.3 is 10.8 Å². The van der Waals surface area contributed by atoms with Gasteiger partial charge in [-0.2, -0.15) is 13.2 Å². The van der Waals surface area contributed by atoms with Gasteiger partial charge in [0.2, 0.25) is 0 Å². The molecule has 1 aromatic rings. The quantitative estimate of drug-likeness (QED) is 0.851. The van der Waals surface area contributed by atoms with Gasteiger partial charge in [0.1, 0.15) is 0 Å². The molecule has 6 heteroatoms. The molecule has 0 aromatic heterocycles. The van der Waals surface area contributed by atoms with Gasteiger partial charge in [0, 0.05) is 5.02 Å². The molecule has 0 aliphatic carbocycles. The average Bonchev–Trinajstić information content (AvgIpc) is 2.15. The van der Waals surface area contributed by atoms with Crippen molar-refractivity contribution in [3.63, 3.8) is 0 Å². The van der Waals surface area contributed by atoms with Gasteiger partial charge in [0.05, 0.1) is 17.7 Å². The maximum Gasteiger partial charge on any atom is 0.416 e. The van der Waals surface area contributed by atoms with Crippen molar-refractivity contribution >= 4 is 11.6 Å². The lowest BCUT2D eigenvalue weighted by molar-refractivity contribution is -0.137. The van der Waals surface area contributed by atoms with Crippen molar-refractivity contribution in [2.75, 3.05) is 6.61 Å². The van der Waals surface area contributed by atoms with Gasteiger partial charge in [0.25, 0.3) is 0 Å². The number of alkyl halides is 3. The van der Waals surface area contributed by atoms with E-state index < -0.39 is 23.9 Å². The first kappa shape index (κ1) is 13.3. The third kappa shape index (κ3) is 2.87. The van der Waals surface area contributed by atoms with Crippen molar-refractivity contribution in [2.24, 2.45) is 5.73 Å². The molecule has 1 rings (SSSR count).